The number of thiophene rings is 1. The van der Waals surface area contributed by atoms with Crippen molar-refractivity contribution in [1.82, 2.24) is 0 Å². The number of halogens is 2. The number of rotatable bonds is 3. The molecule has 1 aromatic carbocycles. The lowest BCUT2D eigenvalue weighted by Gasteiger charge is -2.09. The van der Waals surface area contributed by atoms with Crippen molar-refractivity contribution in [3.8, 4) is 0 Å². The van der Waals surface area contributed by atoms with E-state index in [2.05, 4.69) is 73.7 Å². The van der Waals surface area contributed by atoms with Crippen LogP contribution in [0.1, 0.15) is 10.4 Å². The van der Waals surface area contributed by atoms with Gasteiger partial charge in [-0.25, -0.2) is 0 Å². The van der Waals surface area contributed by atoms with Gasteiger partial charge in [0.1, 0.15) is 0 Å². The van der Waals surface area contributed by atoms with Crippen molar-refractivity contribution in [3.63, 3.8) is 0 Å². The van der Waals surface area contributed by atoms with E-state index in [1.165, 1.54) is 14.9 Å². The molecule has 84 valence electrons. The van der Waals surface area contributed by atoms with Crippen LogP contribution in [0, 0.1) is 6.92 Å². The van der Waals surface area contributed by atoms with E-state index in [9.17, 15) is 0 Å². The van der Waals surface area contributed by atoms with Crippen LogP contribution in [0.2, 0.25) is 0 Å². The molecule has 16 heavy (non-hydrogen) atoms. The summed E-state index contributed by atoms with van der Waals surface area (Å²) >= 11 is 8.88. The number of hydrogen-bond donors (Lipinski definition) is 1. The topological polar surface area (TPSA) is 12.0 Å². The Morgan fingerprint density at radius 2 is 2.06 bits per heavy atom. The summed E-state index contributed by atoms with van der Waals surface area (Å²) in [6.45, 7) is 2.94. The normalized spacial score (nSPS) is 10.4. The van der Waals surface area contributed by atoms with Crippen LogP contribution in [0.15, 0.2) is 38.6 Å². The summed E-state index contributed by atoms with van der Waals surface area (Å²) in [5.41, 5.74) is 2.38. The first-order valence-corrected chi connectivity index (χ1v) is 7.36. The highest BCUT2D eigenvalue weighted by atomic mass is 79.9. The average Bonchev–Trinajstić information content (AvgIpc) is 2.67. The Balaban J connectivity index is 2.11. The van der Waals surface area contributed by atoms with Crippen LogP contribution < -0.4 is 5.32 Å². The Kier molecular flexibility index (Phi) is 4.05. The number of benzene rings is 1. The maximum Gasteiger partial charge on any atom is 0.0505 e. The molecule has 1 aromatic heterocycles. The van der Waals surface area contributed by atoms with Gasteiger partial charge in [0.25, 0.3) is 0 Å². The molecule has 0 bridgehead atoms. The fourth-order valence-corrected chi connectivity index (χ4v) is 3.25. The molecule has 1 heterocycles. The standard InChI is InChI=1S/C12H11Br2NS/c1-8-3-2-4-10(12(8)14)15-7-11-9(13)5-6-16-11/h2-6,15H,7H2,1H3. The first-order chi connectivity index (χ1) is 7.68. The second-order valence-electron chi connectivity index (χ2n) is 3.48. The van der Waals surface area contributed by atoms with Gasteiger partial charge in [-0.1, -0.05) is 12.1 Å². The molecular weight excluding hydrogens is 350 g/mol. The molecule has 0 saturated carbocycles. The summed E-state index contributed by atoms with van der Waals surface area (Å²) in [4.78, 5) is 1.31. The molecule has 1 N–H and O–H groups in total. The van der Waals surface area contributed by atoms with Gasteiger partial charge in [0.15, 0.2) is 0 Å². The molecule has 0 amide bonds. The Hall–Kier alpha value is -0.320. The highest BCUT2D eigenvalue weighted by Gasteiger charge is 2.04. The number of nitrogens with one attached hydrogen (secondary N) is 1. The monoisotopic (exact) mass is 359 g/mol. The molecule has 0 saturated heterocycles. The van der Waals surface area contributed by atoms with E-state index >= 15 is 0 Å². The zero-order valence-corrected chi connectivity index (χ0v) is 12.7. The van der Waals surface area contributed by atoms with Crippen molar-refractivity contribution in [2.24, 2.45) is 0 Å². The molecule has 2 aromatic rings. The lowest BCUT2D eigenvalue weighted by Crippen LogP contribution is -1.99. The van der Waals surface area contributed by atoms with Gasteiger partial charge in [0, 0.05) is 19.5 Å². The van der Waals surface area contributed by atoms with Gasteiger partial charge in [-0.2, -0.15) is 0 Å². The third-order valence-electron chi connectivity index (χ3n) is 2.32. The molecule has 2 rings (SSSR count). The third kappa shape index (κ3) is 2.67. The fourth-order valence-electron chi connectivity index (χ4n) is 1.41. The van der Waals surface area contributed by atoms with Crippen LogP contribution in [0.3, 0.4) is 0 Å². The van der Waals surface area contributed by atoms with Gasteiger partial charge < -0.3 is 5.32 Å². The van der Waals surface area contributed by atoms with Gasteiger partial charge in [-0.15, -0.1) is 11.3 Å². The van der Waals surface area contributed by atoms with Crippen LogP contribution in [-0.4, -0.2) is 0 Å². The molecule has 0 unspecified atom stereocenters. The second kappa shape index (κ2) is 5.34. The minimum absolute atomic E-state index is 0.848. The van der Waals surface area contributed by atoms with E-state index in [1.54, 1.807) is 11.3 Å². The van der Waals surface area contributed by atoms with Crippen molar-refractivity contribution >= 4 is 48.9 Å². The predicted octanol–water partition coefficient (Wildman–Crippen LogP) is 5.19. The van der Waals surface area contributed by atoms with Gasteiger partial charge >= 0.3 is 0 Å². The van der Waals surface area contributed by atoms with Crippen LogP contribution in [0.4, 0.5) is 5.69 Å². The molecule has 0 atom stereocenters. The molecule has 0 radical (unpaired) electrons. The molecule has 1 nitrogen and oxygen atoms in total. The van der Waals surface area contributed by atoms with Crippen molar-refractivity contribution < 1.29 is 0 Å². The predicted molar refractivity (Wildman–Crippen MR) is 78.2 cm³/mol. The summed E-state index contributed by atoms with van der Waals surface area (Å²) in [6.07, 6.45) is 0. The first-order valence-electron chi connectivity index (χ1n) is 4.89. The lowest BCUT2D eigenvalue weighted by molar-refractivity contribution is 1.17. The van der Waals surface area contributed by atoms with Crippen molar-refractivity contribution in [2.45, 2.75) is 13.5 Å². The quantitative estimate of drug-likeness (QED) is 0.793. The summed E-state index contributed by atoms with van der Waals surface area (Å²) in [6, 6.07) is 8.31. The molecule has 0 spiro atoms. The van der Waals surface area contributed by atoms with E-state index in [1.807, 2.05) is 0 Å². The highest BCUT2D eigenvalue weighted by Crippen LogP contribution is 2.28. The smallest absolute Gasteiger partial charge is 0.0505 e. The van der Waals surface area contributed by atoms with E-state index in [-0.39, 0.29) is 0 Å². The maximum absolute atomic E-state index is 3.59. The number of anilines is 1. The van der Waals surface area contributed by atoms with E-state index < -0.39 is 0 Å². The zero-order valence-electron chi connectivity index (χ0n) is 8.76. The molecule has 4 heteroatoms. The van der Waals surface area contributed by atoms with Gasteiger partial charge in [0.2, 0.25) is 0 Å². The van der Waals surface area contributed by atoms with E-state index in [0.717, 1.165) is 16.7 Å². The minimum Gasteiger partial charge on any atom is -0.379 e. The van der Waals surface area contributed by atoms with E-state index in [0.29, 0.717) is 0 Å². The highest BCUT2D eigenvalue weighted by molar-refractivity contribution is 9.11. The van der Waals surface area contributed by atoms with Crippen LogP contribution in [0.25, 0.3) is 0 Å². The summed E-state index contributed by atoms with van der Waals surface area (Å²) in [7, 11) is 0. The number of aryl methyl sites for hydroxylation is 1. The zero-order chi connectivity index (χ0) is 11.5. The van der Waals surface area contributed by atoms with E-state index in [4.69, 9.17) is 0 Å². The molecule has 0 aliphatic heterocycles. The van der Waals surface area contributed by atoms with Crippen LogP contribution in [-0.2, 0) is 6.54 Å². The van der Waals surface area contributed by atoms with Crippen molar-refractivity contribution in [3.05, 3.63) is 49.0 Å². The summed E-state index contributed by atoms with van der Waals surface area (Å²) in [5, 5.41) is 5.52. The molecular formula is C12H11Br2NS. The average molecular weight is 361 g/mol. The lowest BCUT2D eigenvalue weighted by atomic mass is 10.2. The fraction of sp³-hybridized carbons (Fsp3) is 0.167. The summed E-state index contributed by atoms with van der Waals surface area (Å²) < 4.78 is 2.32. The molecule has 0 aliphatic carbocycles. The van der Waals surface area contributed by atoms with Gasteiger partial charge in [-0.05, 0) is 61.9 Å². The Bertz CT molecular complexity index is 494. The largest absolute Gasteiger partial charge is 0.379 e. The first kappa shape index (κ1) is 12.1. The Morgan fingerprint density at radius 1 is 1.25 bits per heavy atom. The molecule has 0 fully saturated rings. The Labute approximate surface area is 116 Å². The third-order valence-corrected chi connectivity index (χ3v) is 5.30. The SMILES string of the molecule is Cc1cccc(NCc2sccc2Br)c1Br. The van der Waals surface area contributed by atoms with Crippen molar-refractivity contribution in [2.75, 3.05) is 5.32 Å². The van der Waals surface area contributed by atoms with Gasteiger partial charge in [0.05, 0.1) is 6.54 Å². The molecule has 0 aliphatic rings. The number of hydrogen-bond acceptors (Lipinski definition) is 2. The van der Waals surface area contributed by atoms with Crippen LogP contribution in [0.5, 0.6) is 0 Å². The van der Waals surface area contributed by atoms with Crippen molar-refractivity contribution in [1.29, 1.82) is 0 Å². The Morgan fingerprint density at radius 3 is 2.75 bits per heavy atom. The minimum atomic E-state index is 0.848. The maximum atomic E-state index is 3.59. The summed E-state index contributed by atoms with van der Waals surface area (Å²) in [5.74, 6) is 0. The van der Waals surface area contributed by atoms with Crippen LogP contribution >= 0.6 is 43.2 Å². The second-order valence-corrected chi connectivity index (χ2v) is 6.13. The van der Waals surface area contributed by atoms with Gasteiger partial charge in [-0.3, -0.25) is 0 Å².